The summed E-state index contributed by atoms with van der Waals surface area (Å²) in [6.07, 6.45) is 1.05. The maximum absolute atomic E-state index is 10.4. The van der Waals surface area contributed by atoms with E-state index in [4.69, 9.17) is 20.7 Å². The van der Waals surface area contributed by atoms with Crippen molar-refractivity contribution in [2.45, 2.75) is 39.7 Å². The molecule has 1 aliphatic heterocycles. The van der Waals surface area contributed by atoms with Crippen LogP contribution in [0.5, 0.6) is 0 Å². The van der Waals surface area contributed by atoms with Crippen molar-refractivity contribution in [1.82, 2.24) is 0 Å². The topological polar surface area (TPSA) is 153 Å². The highest BCUT2D eigenvalue weighted by Crippen LogP contribution is 2.11. The second kappa shape index (κ2) is 15.0. The van der Waals surface area contributed by atoms with E-state index in [1.54, 1.807) is 0 Å². The molecule has 0 aromatic heterocycles. The Morgan fingerprint density at radius 1 is 1.35 bits per heavy atom. The Bertz CT molecular complexity index is 384. The van der Waals surface area contributed by atoms with Gasteiger partial charge < -0.3 is 25.4 Å². The third-order valence-corrected chi connectivity index (χ3v) is 2.25. The van der Waals surface area contributed by atoms with Gasteiger partial charge in [-0.25, -0.2) is 0 Å². The summed E-state index contributed by atoms with van der Waals surface area (Å²) in [7, 11) is 0. The van der Waals surface area contributed by atoms with Crippen LogP contribution in [0.15, 0.2) is 0 Å². The van der Waals surface area contributed by atoms with Crippen molar-refractivity contribution < 1.29 is 38.9 Å². The number of halogens is 1. The fraction of sp³-hybridized carbons (Fsp3) is 0.692. The van der Waals surface area contributed by atoms with Crippen molar-refractivity contribution in [2.24, 2.45) is 11.7 Å². The molecule has 10 heteroatoms. The number of esters is 2. The number of hydrogen-bond acceptors (Lipinski definition) is 7. The lowest BCUT2D eigenvalue weighted by molar-refractivity contribution is -0.144. The van der Waals surface area contributed by atoms with E-state index in [1.165, 1.54) is 6.92 Å². The molecule has 1 fully saturated rings. The zero-order valence-electron chi connectivity index (χ0n) is 13.3. The van der Waals surface area contributed by atoms with Crippen LogP contribution in [0, 0.1) is 5.92 Å². The van der Waals surface area contributed by atoms with E-state index in [-0.39, 0.29) is 37.3 Å². The first-order chi connectivity index (χ1) is 10.1. The highest BCUT2D eigenvalue weighted by atomic mass is 35.5. The lowest BCUT2D eigenvalue weighted by Crippen LogP contribution is -2.31. The Balaban J connectivity index is -0.000000286. The minimum atomic E-state index is -1.09. The number of cyclic esters (lactones) is 1. The zero-order chi connectivity index (χ0) is 17.7. The number of carboxylic acid groups (broad SMARTS) is 2. The summed E-state index contributed by atoms with van der Waals surface area (Å²) < 4.78 is 9.11. The summed E-state index contributed by atoms with van der Waals surface area (Å²) in [6, 6.07) is -0.950. The van der Waals surface area contributed by atoms with E-state index in [0.29, 0.717) is 6.61 Å². The molecule has 0 aromatic rings. The molecule has 2 unspecified atom stereocenters. The van der Waals surface area contributed by atoms with Gasteiger partial charge >= 0.3 is 17.9 Å². The number of rotatable bonds is 4. The van der Waals surface area contributed by atoms with Crippen molar-refractivity contribution in [3.63, 3.8) is 0 Å². The fourth-order valence-corrected chi connectivity index (χ4v) is 1.05. The standard InChI is InChI=1S/C6H11NO4.C5H8O2.C2H4O2.ClH/c1-4(8)11-3-2-5(7)6(9)10;1-4-2-3-7-5(4)6;1-2(3)4;/h5H,2-3,7H2,1H3,(H,9,10);4H,2-3H2,1H3;1H3,(H,3,4);1H. The average Bonchev–Trinajstić information content (AvgIpc) is 2.73. The molecule has 1 rings (SSSR count). The molecule has 0 aromatic carbocycles. The molecule has 1 aliphatic rings. The summed E-state index contributed by atoms with van der Waals surface area (Å²) in [4.78, 5) is 39.6. The van der Waals surface area contributed by atoms with Gasteiger partial charge in [0.1, 0.15) is 6.04 Å². The number of aliphatic carboxylic acids is 2. The predicted molar refractivity (Wildman–Crippen MR) is 82.2 cm³/mol. The van der Waals surface area contributed by atoms with Crippen molar-refractivity contribution >= 4 is 36.3 Å². The zero-order valence-corrected chi connectivity index (χ0v) is 14.1. The number of hydrogen-bond donors (Lipinski definition) is 3. The maximum atomic E-state index is 10.4. The van der Waals surface area contributed by atoms with E-state index in [0.717, 1.165) is 13.3 Å². The molecule has 9 nitrogen and oxygen atoms in total. The normalized spacial score (nSPS) is 16.2. The summed E-state index contributed by atoms with van der Waals surface area (Å²) in [5, 5.41) is 15.7. The molecule has 2 atom stereocenters. The number of nitrogens with two attached hydrogens (primary N) is 1. The van der Waals surface area contributed by atoms with Crippen LogP contribution in [0.4, 0.5) is 0 Å². The smallest absolute Gasteiger partial charge is 0.320 e. The number of carboxylic acids is 2. The van der Waals surface area contributed by atoms with E-state index < -0.39 is 23.9 Å². The molecular weight excluding hydrogens is 334 g/mol. The van der Waals surface area contributed by atoms with Gasteiger partial charge in [-0.1, -0.05) is 6.92 Å². The molecule has 0 spiro atoms. The first kappa shape index (κ1) is 26.0. The van der Waals surface area contributed by atoms with Crippen LogP contribution >= 0.6 is 12.4 Å². The molecule has 136 valence electrons. The molecule has 1 saturated heterocycles. The Morgan fingerprint density at radius 2 is 1.83 bits per heavy atom. The van der Waals surface area contributed by atoms with Crippen LogP contribution < -0.4 is 5.73 Å². The Morgan fingerprint density at radius 3 is 2.04 bits per heavy atom. The second-order valence-corrected chi connectivity index (χ2v) is 4.45. The van der Waals surface area contributed by atoms with Gasteiger partial charge in [-0.2, -0.15) is 0 Å². The molecule has 0 bridgehead atoms. The Hall–Kier alpha value is -1.87. The average molecular weight is 358 g/mol. The highest BCUT2D eigenvalue weighted by molar-refractivity contribution is 5.85. The summed E-state index contributed by atoms with van der Waals surface area (Å²) >= 11 is 0. The predicted octanol–water partition coefficient (Wildman–Crippen LogP) is 0.434. The lowest BCUT2D eigenvalue weighted by Gasteiger charge is -2.04. The van der Waals surface area contributed by atoms with E-state index in [2.05, 4.69) is 9.47 Å². The van der Waals surface area contributed by atoms with Gasteiger partial charge in [0.05, 0.1) is 19.1 Å². The van der Waals surface area contributed by atoms with Crippen LogP contribution in [0.3, 0.4) is 0 Å². The fourth-order valence-electron chi connectivity index (χ4n) is 1.05. The summed E-state index contributed by atoms with van der Waals surface area (Å²) in [5.41, 5.74) is 5.11. The van der Waals surface area contributed by atoms with E-state index in [1.807, 2.05) is 6.92 Å². The van der Waals surface area contributed by atoms with E-state index >= 15 is 0 Å². The second-order valence-electron chi connectivity index (χ2n) is 4.45. The lowest BCUT2D eigenvalue weighted by atomic mass is 10.2. The quantitative estimate of drug-likeness (QED) is 0.607. The first-order valence-electron chi connectivity index (χ1n) is 6.55. The van der Waals surface area contributed by atoms with Crippen molar-refractivity contribution in [1.29, 1.82) is 0 Å². The molecule has 0 amide bonds. The molecule has 0 aliphatic carbocycles. The molecular formula is C13H24ClNO8. The largest absolute Gasteiger partial charge is 0.481 e. The number of carbonyl (C=O) groups excluding carboxylic acids is 2. The Labute approximate surface area is 140 Å². The van der Waals surface area contributed by atoms with Gasteiger partial charge in [0.25, 0.3) is 5.97 Å². The van der Waals surface area contributed by atoms with Crippen LogP contribution in [-0.4, -0.2) is 53.3 Å². The minimum absolute atomic E-state index is 0. The third kappa shape index (κ3) is 20.1. The minimum Gasteiger partial charge on any atom is -0.481 e. The molecule has 1 heterocycles. The van der Waals surface area contributed by atoms with Crippen molar-refractivity contribution in [3.8, 4) is 0 Å². The van der Waals surface area contributed by atoms with Gasteiger partial charge in [-0.15, -0.1) is 12.4 Å². The van der Waals surface area contributed by atoms with Crippen LogP contribution in [0.1, 0.15) is 33.6 Å². The van der Waals surface area contributed by atoms with Crippen molar-refractivity contribution in [2.75, 3.05) is 13.2 Å². The molecule has 0 radical (unpaired) electrons. The first-order valence-corrected chi connectivity index (χ1v) is 6.55. The highest BCUT2D eigenvalue weighted by Gasteiger charge is 2.20. The van der Waals surface area contributed by atoms with Gasteiger partial charge in [0.15, 0.2) is 0 Å². The van der Waals surface area contributed by atoms with Gasteiger partial charge in [-0.3, -0.25) is 19.2 Å². The Kier molecular flexibility index (Phi) is 17.0. The van der Waals surface area contributed by atoms with Crippen LogP contribution in [0.25, 0.3) is 0 Å². The summed E-state index contributed by atoms with van der Waals surface area (Å²) in [5.74, 6) is -2.24. The van der Waals surface area contributed by atoms with Gasteiger partial charge in [0, 0.05) is 20.3 Å². The third-order valence-electron chi connectivity index (χ3n) is 2.25. The van der Waals surface area contributed by atoms with Crippen molar-refractivity contribution in [3.05, 3.63) is 0 Å². The monoisotopic (exact) mass is 357 g/mol. The van der Waals surface area contributed by atoms with Crippen LogP contribution in [-0.2, 0) is 28.7 Å². The maximum Gasteiger partial charge on any atom is 0.320 e. The van der Waals surface area contributed by atoms with Gasteiger partial charge in [-0.05, 0) is 6.42 Å². The molecule has 4 N–H and O–H groups in total. The number of ether oxygens (including phenoxy) is 2. The molecule has 23 heavy (non-hydrogen) atoms. The van der Waals surface area contributed by atoms with Gasteiger partial charge in [0.2, 0.25) is 0 Å². The molecule has 0 saturated carbocycles. The van der Waals surface area contributed by atoms with Crippen LogP contribution in [0.2, 0.25) is 0 Å². The SMILES string of the molecule is CC(=O)O.CC(=O)OCCC(N)C(=O)O.CC1CCOC1=O.Cl. The summed E-state index contributed by atoms with van der Waals surface area (Å²) in [6.45, 7) is 4.91. The van der Waals surface area contributed by atoms with E-state index in [9.17, 15) is 14.4 Å². The number of carbonyl (C=O) groups is 4.